The van der Waals surface area contributed by atoms with Crippen LogP contribution in [0.4, 0.5) is 0 Å². The van der Waals surface area contributed by atoms with Gasteiger partial charge in [0.2, 0.25) is 0 Å². The first-order valence-electron chi connectivity index (χ1n) is 14.0. The molecule has 3 aliphatic carbocycles. The maximum Gasteiger partial charge on any atom is 0.332 e. The number of carbonyl (C=O) groups excluding carboxylic acids is 1. The summed E-state index contributed by atoms with van der Waals surface area (Å²) >= 11 is 0. The molecule has 0 bridgehead atoms. The van der Waals surface area contributed by atoms with Gasteiger partial charge in [0.05, 0.1) is 18.3 Å². The van der Waals surface area contributed by atoms with Gasteiger partial charge in [0, 0.05) is 6.42 Å². The highest BCUT2D eigenvalue weighted by atomic mass is 16.6. The molecule has 0 spiro atoms. The zero-order chi connectivity index (χ0) is 26.5. The number of unbranched alkanes of at least 4 members (excludes halogenated alkanes) is 2. The van der Waals surface area contributed by atoms with Crippen LogP contribution in [0, 0.1) is 11.3 Å². The minimum absolute atomic E-state index is 0.00787. The SMILES string of the molecule is C=C1/C(=C\C=C2/CCC[C@]3(C)C(C(C)OCC(=O)OC(C)(C)CCCCC)=CC[C@@H]23)C[C@@H](O)C[C@@H]1O. The monoisotopic (exact) mass is 500 g/mol. The topological polar surface area (TPSA) is 76.0 Å². The van der Waals surface area contributed by atoms with E-state index in [1.54, 1.807) is 0 Å². The lowest BCUT2D eigenvalue weighted by Gasteiger charge is -2.42. The first-order chi connectivity index (χ1) is 17.0. The number of hydrogen-bond donors (Lipinski definition) is 2. The zero-order valence-electron chi connectivity index (χ0n) is 23.1. The molecule has 36 heavy (non-hydrogen) atoms. The third kappa shape index (κ3) is 6.99. The summed E-state index contributed by atoms with van der Waals surface area (Å²) in [5.41, 5.74) is 3.91. The van der Waals surface area contributed by atoms with Gasteiger partial charge >= 0.3 is 5.97 Å². The molecule has 0 saturated heterocycles. The van der Waals surface area contributed by atoms with Crippen LogP contribution in [0.3, 0.4) is 0 Å². The zero-order valence-corrected chi connectivity index (χ0v) is 23.1. The Balaban J connectivity index is 1.60. The Labute approximate surface area is 218 Å². The molecule has 0 amide bonds. The van der Waals surface area contributed by atoms with Crippen molar-refractivity contribution in [3.8, 4) is 0 Å². The van der Waals surface area contributed by atoms with E-state index < -0.39 is 17.8 Å². The predicted octanol–water partition coefficient (Wildman–Crippen LogP) is 6.35. The van der Waals surface area contributed by atoms with Gasteiger partial charge in [0.15, 0.2) is 0 Å². The van der Waals surface area contributed by atoms with Crippen molar-refractivity contribution < 1.29 is 24.5 Å². The van der Waals surface area contributed by atoms with Crippen molar-refractivity contribution in [2.45, 2.75) is 123 Å². The Bertz CT molecular complexity index is 895. The van der Waals surface area contributed by atoms with Crippen LogP contribution in [-0.4, -0.2) is 46.7 Å². The van der Waals surface area contributed by atoms with E-state index in [2.05, 4.69) is 38.7 Å². The summed E-state index contributed by atoms with van der Waals surface area (Å²) in [5, 5.41) is 20.2. The molecule has 3 aliphatic rings. The van der Waals surface area contributed by atoms with Crippen LogP contribution in [0.5, 0.6) is 0 Å². The van der Waals surface area contributed by atoms with Crippen LogP contribution in [0.1, 0.15) is 98.8 Å². The number of carbonyl (C=O) groups is 1. The van der Waals surface area contributed by atoms with Gasteiger partial charge in [-0.3, -0.25) is 0 Å². The molecule has 0 radical (unpaired) electrons. The number of esters is 1. The molecule has 0 heterocycles. The molecular formula is C31H48O5. The molecule has 0 aromatic rings. The number of allylic oxidation sites excluding steroid dienone is 4. The van der Waals surface area contributed by atoms with Crippen molar-refractivity contribution in [2.24, 2.45) is 11.3 Å². The van der Waals surface area contributed by atoms with E-state index in [1.807, 2.05) is 20.8 Å². The summed E-state index contributed by atoms with van der Waals surface area (Å²) in [7, 11) is 0. The number of aliphatic hydroxyl groups excluding tert-OH is 2. The summed E-state index contributed by atoms with van der Waals surface area (Å²) in [6.45, 7) is 14.5. The quantitative estimate of drug-likeness (QED) is 0.207. The second-order valence-corrected chi connectivity index (χ2v) is 11.9. The second kappa shape index (κ2) is 12.2. The first kappa shape index (κ1) is 28.9. The van der Waals surface area contributed by atoms with E-state index in [0.717, 1.165) is 62.5 Å². The fourth-order valence-corrected chi connectivity index (χ4v) is 6.42. The van der Waals surface area contributed by atoms with E-state index in [4.69, 9.17) is 9.47 Å². The Kier molecular flexibility index (Phi) is 9.81. The van der Waals surface area contributed by atoms with Crippen LogP contribution in [0.2, 0.25) is 0 Å². The normalized spacial score (nSPS) is 31.9. The van der Waals surface area contributed by atoms with Gasteiger partial charge in [-0.1, -0.05) is 57.1 Å². The van der Waals surface area contributed by atoms with Crippen LogP contribution in [0.25, 0.3) is 0 Å². The van der Waals surface area contributed by atoms with Gasteiger partial charge in [-0.2, -0.15) is 0 Å². The summed E-state index contributed by atoms with van der Waals surface area (Å²) in [5.74, 6) is 0.108. The minimum Gasteiger partial charge on any atom is -0.458 e. The van der Waals surface area contributed by atoms with Crippen LogP contribution < -0.4 is 0 Å². The molecule has 5 heteroatoms. The molecule has 3 rings (SSSR count). The average molecular weight is 501 g/mol. The van der Waals surface area contributed by atoms with Crippen LogP contribution in [-0.2, 0) is 14.3 Å². The Morgan fingerprint density at radius 2 is 2.06 bits per heavy atom. The Hall–Kier alpha value is -1.69. The molecule has 1 unspecified atom stereocenters. The molecule has 0 aromatic carbocycles. The van der Waals surface area contributed by atoms with E-state index in [-0.39, 0.29) is 24.1 Å². The van der Waals surface area contributed by atoms with Gasteiger partial charge in [0.25, 0.3) is 0 Å². The largest absolute Gasteiger partial charge is 0.458 e. The highest BCUT2D eigenvalue weighted by Crippen LogP contribution is 2.55. The maximum atomic E-state index is 12.5. The molecule has 5 nitrogen and oxygen atoms in total. The van der Waals surface area contributed by atoms with E-state index in [1.165, 1.54) is 11.1 Å². The molecule has 202 valence electrons. The molecule has 0 aromatic heterocycles. The molecule has 2 fully saturated rings. The Morgan fingerprint density at radius 1 is 1.31 bits per heavy atom. The minimum atomic E-state index is -0.665. The van der Waals surface area contributed by atoms with Gasteiger partial charge < -0.3 is 19.7 Å². The van der Waals surface area contributed by atoms with Gasteiger partial charge in [-0.05, 0) is 93.8 Å². The third-order valence-electron chi connectivity index (χ3n) is 8.54. The fourth-order valence-electron chi connectivity index (χ4n) is 6.42. The number of aliphatic hydroxyl groups is 2. The predicted molar refractivity (Wildman–Crippen MR) is 144 cm³/mol. The second-order valence-electron chi connectivity index (χ2n) is 11.9. The number of hydrogen-bond acceptors (Lipinski definition) is 5. The van der Waals surface area contributed by atoms with Crippen molar-refractivity contribution in [3.63, 3.8) is 0 Å². The van der Waals surface area contributed by atoms with Gasteiger partial charge in [-0.25, -0.2) is 4.79 Å². The van der Waals surface area contributed by atoms with Gasteiger partial charge in [0.1, 0.15) is 12.2 Å². The summed E-state index contributed by atoms with van der Waals surface area (Å²) < 4.78 is 11.8. The lowest BCUT2D eigenvalue weighted by molar-refractivity contribution is -0.163. The summed E-state index contributed by atoms with van der Waals surface area (Å²) in [6.07, 6.45) is 14.6. The van der Waals surface area contributed by atoms with Crippen LogP contribution >= 0.6 is 0 Å². The lowest BCUT2D eigenvalue weighted by Crippen LogP contribution is -2.36. The highest BCUT2D eigenvalue weighted by Gasteiger charge is 2.46. The molecule has 0 aliphatic heterocycles. The van der Waals surface area contributed by atoms with Crippen LogP contribution in [0.15, 0.2) is 47.1 Å². The summed E-state index contributed by atoms with van der Waals surface area (Å²) in [6, 6.07) is 0. The number of ether oxygens (including phenoxy) is 2. The van der Waals surface area contributed by atoms with E-state index >= 15 is 0 Å². The third-order valence-corrected chi connectivity index (χ3v) is 8.54. The maximum absolute atomic E-state index is 12.5. The van der Waals surface area contributed by atoms with Crippen molar-refractivity contribution in [1.82, 2.24) is 0 Å². The molecule has 2 saturated carbocycles. The summed E-state index contributed by atoms with van der Waals surface area (Å²) in [4.78, 5) is 12.5. The molecule has 5 atom stereocenters. The number of rotatable bonds is 10. The Morgan fingerprint density at radius 3 is 2.78 bits per heavy atom. The van der Waals surface area contributed by atoms with Crippen molar-refractivity contribution in [2.75, 3.05) is 6.61 Å². The number of fused-ring (bicyclic) bond motifs is 1. The van der Waals surface area contributed by atoms with Crippen molar-refractivity contribution in [1.29, 1.82) is 0 Å². The highest BCUT2D eigenvalue weighted by molar-refractivity contribution is 5.71. The molecule has 2 N–H and O–H groups in total. The van der Waals surface area contributed by atoms with E-state index in [0.29, 0.717) is 18.8 Å². The van der Waals surface area contributed by atoms with Crippen molar-refractivity contribution in [3.05, 3.63) is 47.1 Å². The standard InChI is InChI=1S/C31H48O5/c1-7-8-9-16-30(4,5)36-29(34)20-35-22(3)26-14-15-27-23(11-10-17-31(26,27)6)12-13-24-18-25(32)19-28(33)21(24)2/h12-14,22,25,27-28,32-33H,2,7-11,15-20H2,1,3-6H3/b23-12+,24-13-/t22?,25-,27+,28+,31-/m1/s1. The lowest BCUT2D eigenvalue weighted by atomic mass is 9.63. The van der Waals surface area contributed by atoms with E-state index in [9.17, 15) is 15.0 Å². The smallest absolute Gasteiger partial charge is 0.332 e. The molecular weight excluding hydrogens is 452 g/mol. The van der Waals surface area contributed by atoms with Crippen molar-refractivity contribution >= 4 is 5.97 Å². The first-order valence-corrected chi connectivity index (χ1v) is 14.0. The van der Waals surface area contributed by atoms with Gasteiger partial charge in [-0.15, -0.1) is 0 Å². The fraction of sp³-hybridized carbons (Fsp3) is 0.710. The average Bonchev–Trinajstić information content (AvgIpc) is 3.16.